The average Bonchev–Trinajstić information content (AvgIpc) is 2.31. The van der Waals surface area contributed by atoms with Crippen molar-refractivity contribution in [2.24, 2.45) is 0 Å². The maximum absolute atomic E-state index is 6.03. The van der Waals surface area contributed by atoms with Crippen molar-refractivity contribution in [3.05, 3.63) is 48.8 Å². The molecule has 0 amide bonds. The molecule has 2 aromatic rings. The molecule has 0 saturated carbocycles. The first kappa shape index (κ1) is 11.6. The van der Waals surface area contributed by atoms with Crippen LogP contribution >= 0.6 is 8.51 Å². The third kappa shape index (κ3) is 3.58. The fourth-order valence-electron chi connectivity index (χ4n) is 0.968. The van der Waals surface area contributed by atoms with E-state index in [1.54, 1.807) is 24.5 Å². The van der Waals surface area contributed by atoms with E-state index in [0.29, 0.717) is 11.8 Å². The van der Waals surface area contributed by atoms with Crippen molar-refractivity contribution < 1.29 is 5.63 Å². The topological polar surface area (TPSA) is 44.2 Å². The third-order valence-corrected chi connectivity index (χ3v) is 5.39. The first-order chi connectivity index (χ1) is 7.84. The van der Waals surface area contributed by atoms with E-state index in [9.17, 15) is 0 Å². The van der Waals surface area contributed by atoms with Gasteiger partial charge in [-0.2, -0.15) is 0 Å². The fourth-order valence-corrected chi connectivity index (χ4v) is 4.34. The predicted octanol–water partition coefficient (Wildman–Crippen LogP) is 2.16. The van der Waals surface area contributed by atoms with Crippen molar-refractivity contribution >= 4 is 30.0 Å². The van der Waals surface area contributed by atoms with E-state index in [2.05, 4.69) is 9.97 Å². The van der Waals surface area contributed by atoms with Crippen LogP contribution < -0.4 is 5.63 Å². The van der Waals surface area contributed by atoms with Crippen LogP contribution in [0.4, 0.5) is 0 Å². The van der Waals surface area contributed by atoms with Crippen LogP contribution in [0.25, 0.3) is 0 Å². The van der Waals surface area contributed by atoms with Crippen LogP contribution in [0.2, 0.25) is 0 Å². The minimum atomic E-state index is -2.94. The van der Waals surface area contributed by atoms with Gasteiger partial charge in [-0.15, -0.1) is 0 Å². The van der Waals surface area contributed by atoms with E-state index in [1.807, 2.05) is 24.3 Å². The van der Waals surface area contributed by atoms with Crippen molar-refractivity contribution in [2.45, 2.75) is 0 Å². The molecule has 6 heteroatoms. The molecule has 82 valence electrons. The zero-order chi connectivity index (χ0) is 11.2. The average molecular weight is 433 g/mol. The van der Waals surface area contributed by atoms with Gasteiger partial charge in [-0.25, -0.2) is 0 Å². The zero-order valence-electron chi connectivity index (χ0n) is 8.15. The zero-order valence-corrected chi connectivity index (χ0v) is 12.4. The number of rotatable bonds is 4. The Labute approximate surface area is 106 Å². The summed E-state index contributed by atoms with van der Waals surface area (Å²) in [5, 5.41) is 0. The van der Waals surface area contributed by atoms with Gasteiger partial charge in [-0.1, -0.05) is 0 Å². The fraction of sp³-hybridized carbons (Fsp3) is 0. The maximum atomic E-state index is 6.03. The van der Waals surface area contributed by atoms with E-state index >= 15 is 0 Å². The Morgan fingerprint density at radius 2 is 1.38 bits per heavy atom. The molecular weight excluding hydrogens is 425 g/mol. The van der Waals surface area contributed by atoms with E-state index in [0.717, 1.165) is 0 Å². The second-order valence-electron chi connectivity index (χ2n) is 2.73. The molecule has 0 N–H and O–H groups in total. The summed E-state index contributed by atoms with van der Waals surface area (Å²) in [5.41, 5.74) is 0. The molecule has 0 fully saturated rings. The number of pyridine rings is 2. The Bertz CT molecular complexity index is 388. The summed E-state index contributed by atoms with van der Waals surface area (Å²) < 4.78 is 10.8. The second kappa shape index (κ2) is 5.97. The molecule has 0 saturated heterocycles. The monoisotopic (exact) mass is 432 g/mol. The van der Waals surface area contributed by atoms with E-state index in [4.69, 9.17) is 14.1 Å². The summed E-state index contributed by atoms with van der Waals surface area (Å²) in [6.45, 7) is 0. The Hall–Kier alpha value is -0.927. The van der Waals surface area contributed by atoms with Crippen molar-refractivity contribution in [3.63, 3.8) is 0 Å². The Kier molecular flexibility index (Phi) is 4.31. The molecule has 0 aromatic carbocycles. The molecule has 0 unspecified atom stereocenters. The molecule has 2 rings (SSSR count). The van der Waals surface area contributed by atoms with Gasteiger partial charge in [-0.3, -0.25) is 0 Å². The molecule has 0 bridgehead atoms. The van der Waals surface area contributed by atoms with Crippen molar-refractivity contribution in [3.8, 4) is 11.8 Å². The van der Waals surface area contributed by atoms with Gasteiger partial charge in [-0.05, 0) is 0 Å². The van der Waals surface area contributed by atoms with Crippen LogP contribution in [0.3, 0.4) is 0 Å². The van der Waals surface area contributed by atoms with Gasteiger partial charge >= 0.3 is 106 Å². The summed E-state index contributed by atoms with van der Waals surface area (Å²) in [7, 11) is 6.03. The van der Waals surface area contributed by atoms with Crippen molar-refractivity contribution in [1.29, 1.82) is 0 Å². The molecule has 16 heavy (non-hydrogen) atoms. The van der Waals surface area contributed by atoms with E-state index < -0.39 is 21.4 Å². The van der Waals surface area contributed by atoms with Crippen molar-refractivity contribution in [2.75, 3.05) is 0 Å². The number of aromatic nitrogens is 2. The summed E-state index contributed by atoms with van der Waals surface area (Å²) in [6.07, 6.45) is 3.29. The standard InChI is InChI=1S/2C5H5NO.Bi.ClH/c2*7-5-3-1-2-4-6-5;;/h2*1-4H,(H,6,7);;1H/q;;+3;/p-3. The van der Waals surface area contributed by atoms with Crippen LogP contribution in [0.15, 0.2) is 48.8 Å². The third-order valence-electron chi connectivity index (χ3n) is 1.61. The molecule has 0 spiro atoms. The van der Waals surface area contributed by atoms with E-state index in [1.165, 1.54) is 0 Å². The Morgan fingerprint density at radius 1 is 0.875 bits per heavy atom. The number of halogens is 1. The summed E-state index contributed by atoms with van der Waals surface area (Å²) >= 11 is -2.94. The molecule has 2 heterocycles. The predicted molar refractivity (Wildman–Crippen MR) is 61.3 cm³/mol. The van der Waals surface area contributed by atoms with Crippen LogP contribution in [0.5, 0.6) is 11.8 Å². The summed E-state index contributed by atoms with van der Waals surface area (Å²) in [6, 6.07) is 10.8. The number of hydrogen-bond donors (Lipinski definition) is 0. The molecule has 0 aliphatic rings. The van der Waals surface area contributed by atoms with Gasteiger partial charge in [0.2, 0.25) is 0 Å². The van der Waals surface area contributed by atoms with Gasteiger partial charge in [0.1, 0.15) is 0 Å². The van der Waals surface area contributed by atoms with Gasteiger partial charge in [0.25, 0.3) is 0 Å². The molecule has 0 aliphatic carbocycles. The van der Waals surface area contributed by atoms with Crippen LogP contribution in [-0.4, -0.2) is 31.4 Å². The molecule has 0 aliphatic heterocycles. The summed E-state index contributed by atoms with van der Waals surface area (Å²) in [5.74, 6) is 0.984. The summed E-state index contributed by atoms with van der Waals surface area (Å²) in [4.78, 5) is 8.01. The molecule has 4 nitrogen and oxygen atoms in total. The molecule has 0 radical (unpaired) electrons. The van der Waals surface area contributed by atoms with Crippen LogP contribution in [-0.2, 0) is 0 Å². The second-order valence-corrected chi connectivity index (χ2v) is 8.23. The first-order valence-corrected chi connectivity index (χ1v) is 11.6. The van der Waals surface area contributed by atoms with E-state index in [-0.39, 0.29) is 0 Å². The molecule has 2 aromatic heterocycles. The molecular formula is C10H8BiClN2O2. The Morgan fingerprint density at radius 3 is 1.75 bits per heavy atom. The number of hydrogen-bond acceptors (Lipinski definition) is 4. The quantitative estimate of drug-likeness (QED) is 0.695. The van der Waals surface area contributed by atoms with Crippen LogP contribution in [0, 0.1) is 0 Å². The van der Waals surface area contributed by atoms with Gasteiger partial charge in [0.15, 0.2) is 0 Å². The van der Waals surface area contributed by atoms with Gasteiger partial charge < -0.3 is 0 Å². The van der Waals surface area contributed by atoms with Gasteiger partial charge in [0.05, 0.1) is 0 Å². The minimum absolute atomic E-state index is 0.492. The normalized spacial score (nSPS) is 10.1. The Balaban J connectivity index is 1.92. The van der Waals surface area contributed by atoms with Crippen molar-refractivity contribution in [1.82, 2.24) is 9.97 Å². The number of nitrogens with zero attached hydrogens (tertiary/aromatic N) is 2. The first-order valence-electron chi connectivity index (χ1n) is 4.48. The molecule has 0 atom stereocenters. The van der Waals surface area contributed by atoms with Gasteiger partial charge in [0, 0.05) is 0 Å². The SMILES string of the molecule is [Cl][Bi]([O]c1ccccn1)[O]c1ccccn1. The van der Waals surface area contributed by atoms with Crippen LogP contribution in [0.1, 0.15) is 0 Å².